The van der Waals surface area contributed by atoms with Crippen molar-refractivity contribution in [2.75, 3.05) is 18.1 Å². The minimum absolute atomic E-state index is 0.0406. The van der Waals surface area contributed by atoms with Crippen LogP contribution in [0.25, 0.3) is 11.0 Å². The molecule has 2 aliphatic heterocycles. The van der Waals surface area contributed by atoms with Gasteiger partial charge in [0.2, 0.25) is 0 Å². The molecule has 37 heavy (non-hydrogen) atoms. The first-order valence-corrected chi connectivity index (χ1v) is 14.1. The Morgan fingerprint density at radius 2 is 1.78 bits per heavy atom. The molecule has 0 atom stereocenters. The molecule has 10 heteroatoms. The molecule has 1 saturated heterocycles. The number of hydrogen-bond donors (Lipinski definition) is 1. The first-order valence-electron chi connectivity index (χ1n) is 13.0. The van der Waals surface area contributed by atoms with Crippen LogP contribution in [0.3, 0.4) is 0 Å². The van der Waals surface area contributed by atoms with E-state index in [4.69, 9.17) is 4.74 Å². The number of ether oxygens (including phenoxy) is 1. The van der Waals surface area contributed by atoms with Crippen LogP contribution in [0.5, 0.6) is 5.75 Å². The van der Waals surface area contributed by atoms with Crippen molar-refractivity contribution in [1.82, 2.24) is 19.4 Å². The van der Waals surface area contributed by atoms with E-state index in [-0.39, 0.29) is 40.8 Å². The van der Waals surface area contributed by atoms with E-state index in [2.05, 4.69) is 10.3 Å². The summed E-state index contributed by atoms with van der Waals surface area (Å²) in [6.45, 7) is 0.642. The van der Waals surface area contributed by atoms with E-state index in [1.807, 2.05) is 23.9 Å². The second kappa shape index (κ2) is 9.96. The molecule has 0 unspecified atom stereocenters. The number of carbonyl (C=O) groups is 1. The minimum Gasteiger partial charge on any atom is -0.493 e. The first-order chi connectivity index (χ1) is 18.0. The van der Waals surface area contributed by atoms with Crippen LogP contribution in [0.15, 0.2) is 40.1 Å². The zero-order chi connectivity index (χ0) is 25.5. The molecule has 4 heterocycles. The zero-order valence-electron chi connectivity index (χ0n) is 20.5. The molecule has 0 bridgehead atoms. The maximum atomic E-state index is 14.1. The van der Waals surface area contributed by atoms with Crippen LogP contribution in [0.1, 0.15) is 66.5 Å². The topological polar surface area (TPSA) is 95.2 Å². The van der Waals surface area contributed by atoms with Gasteiger partial charge in [-0.1, -0.05) is 0 Å². The van der Waals surface area contributed by atoms with E-state index in [0.717, 1.165) is 48.3 Å². The Morgan fingerprint density at radius 3 is 2.57 bits per heavy atom. The van der Waals surface area contributed by atoms with Gasteiger partial charge in [-0.25, -0.2) is 14.2 Å². The molecule has 194 valence electrons. The normalized spacial score (nSPS) is 22.0. The van der Waals surface area contributed by atoms with Crippen molar-refractivity contribution in [1.29, 1.82) is 0 Å². The third-order valence-corrected chi connectivity index (χ3v) is 8.88. The standard InChI is InChI=1S/C27H29FN4O4S/c28-18-14-22-24(29-15-18)31(21-8-11-37-12-9-21)27(35)32(26(22)34)20-4-2-19(3-5-20)30-25(33)17-1-6-23-16(13-17)7-10-36-23/h1,6,13-15,19-21H,2-5,7-12H2,(H,30,33). The number of pyridine rings is 1. The quantitative estimate of drug-likeness (QED) is 0.560. The van der Waals surface area contributed by atoms with Crippen LogP contribution in [-0.2, 0) is 6.42 Å². The maximum absolute atomic E-state index is 14.1. The number of amides is 1. The van der Waals surface area contributed by atoms with Gasteiger partial charge in [0.25, 0.3) is 11.5 Å². The van der Waals surface area contributed by atoms with Crippen molar-refractivity contribution in [2.24, 2.45) is 0 Å². The summed E-state index contributed by atoms with van der Waals surface area (Å²) in [5.41, 5.74) is 1.08. The molecule has 1 aromatic carbocycles. The second-order valence-electron chi connectivity index (χ2n) is 10.1. The van der Waals surface area contributed by atoms with E-state index in [0.29, 0.717) is 37.9 Å². The number of benzene rings is 1. The lowest BCUT2D eigenvalue weighted by Gasteiger charge is -2.31. The fraction of sp³-hybridized carbons (Fsp3) is 0.481. The van der Waals surface area contributed by atoms with Gasteiger partial charge in [-0.2, -0.15) is 11.8 Å². The summed E-state index contributed by atoms with van der Waals surface area (Å²) in [5.74, 6) is 1.98. The van der Waals surface area contributed by atoms with Crippen LogP contribution in [0, 0.1) is 5.82 Å². The van der Waals surface area contributed by atoms with E-state index >= 15 is 0 Å². The van der Waals surface area contributed by atoms with Crippen LogP contribution in [0.4, 0.5) is 4.39 Å². The van der Waals surface area contributed by atoms with Gasteiger partial charge in [-0.15, -0.1) is 0 Å². The summed E-state index contributed by atoms with van der Waals surface area (Å²) in [7, 11) is 0. The van der Waals surface area contributed by atoms with Crippen molar-refractivity contribution in [3.05, 3.63) is 68.2 Å². The molecular formula is C27H29FN4O4S. The Morgan fingerprint density at radius 1 is 1.03 bits per heavy atom. The third kappa shape index (κ3) is 4.56. The molecule has 0 radical (unpaired) electrons. The molecular weight excluding hydrogens is 495 g/mol. The highest BCUT2D eigenvalue weighted by molar-refractivity contribution is 7.99. The zero-order valence-corrected chi connectivity index (χ0v) is 21.3. The van der Waals surface area contributed by atoms with Crippen LogP contribution in [0.2, 0.25) is 0 Å². The van der Waals surface area contributed by atoms with Crippen molar-refractivity contribution in [2.45, 2.75) is 63.1 Å². The third-order valence-electron chi connectivity index (χ3n) is 7.83. The van der Waals surface area contributed by atoms with Gasteiger partial charge in [0.05, 0.1) is 18.2 Å². The number of nitrogens with zero attached hydrogens (tertiary/aromatic N) is 3. The molecule has 2 fully saturated rings. The Hall–Kier alpha value is -3.14. The molecule has 2 aromatic heterocycles. The molecule has 6 rings (SSSR count). The molecule has 8 nitrogen and oxygen atoms in total. The van der Waals surface area contributed by atoms with E-state index in [9.17, 15) is 18.8 Å². The highest BCUT2D eigenvalue weighted by atomic mass is 32.2. The number of nitrogens with one attached hydrogen (secondary N) is 1. The largest absolute Gasteiger partial charge is 0.493 e. The van der Waals surface area contributed by atoms with Gasteiger partial charge < -0.3 is 10.1 Å². The lowest BCUT2D eigenvalue weighted by atomic mass is 9.90. The van der Waals surface area contributed by atoms with E-state index in [1.165, 1.54) is 10.6 Å². The van der Waals surface area contributed by atoms with Gasteiger partial charge in [-0.05, 0) is 79.9 Å². The Kier molecular flexibility index (Phi) is 6.52. The SMILES string of the molecule is O=C(NC1CCC(n2c(=O)c3cc(F)cnc3n(C3CCSCC3)c2=O)CC1)c1ccc2c(c1)CCO2. The summed E-state index contributed by atoms with van der Waals surface area (Å²) in [4.78, 5) is 44.2. The summed E-state index contributed by atoms with van der Waals surface area (Å²) in [6, 6.07) is 6.30. The fourth-order valence-corrected chi connectivity index (χ4v) is 6.96. The molecule has 3 aromatic rings. The van der Waals surface area contributed by atoms with E-state index in [1.54, 1.807) is 10.6 Å². The summed E-state index contributed by atoms with van der Waals surface area (Å²) < 4.78 is 22.6. The monoisotopic (exact) mass is 524 g/mol. The van der Waals surface area contributed by atoms with Gasteiger partial charge >= 0.3 is 5.69 Å². The first kappa shape index (κ1) is 24.2. The van der Waals surface area contributed by atoms with Gasteiger partial charge in [0.1, 0.15) is 17.2 Å². The van der Waals surface area contributed by atoms with Crippen LogP contribution >= 0.6 is 11.8 Å². The molecule has 1 amide bonds. The average Bonchev–Trinajstić information content (AvgIpc) is 3.39. The summed E-state index contributed by atoms with van der Waals surface area (Å²) >= 11 is 1.85. The predicted molar refractivity (Wildman–Crippen MR) is 140 cm³/mol. The molecule has 0 spiro atoms. The Bertz CT molecular complexity index is 1470. The molecule has 1 aliphatic carbocycles. The highest BCUT2D eigenvalue weighted by Gasteiger charge is 2.30. The number of thioether (sulfide) groups is 1. The van der Waals surface area contributed by atoms with Gasteiger partial charge in [0, 0.05) is 30.1 Å². The lowest BCUT2D eigenvalue weighted by molar-refractivity contribution is 0.0921. The number of hydrogen-bond acceptors (Lipinski definition) is 6. The summed E-state index contributed by atoms with van der Waals surface area (Å²) in [5, 5.41) is 3.26. The van der Waals surface area contributed by atoms with Crippen LogP contribution < -0.4 is 21.3 Å². The molecule has 1 saturated carbocycles. The molecule has 1 N–H and O–H groups in total. The predicted octanol–water partition coefficient (Wildman–Crippen LogP) is 3.61. The number of rotatable bonds is 4. The van der Waals surface area contributed by atoms with Crippen molar-refractivity contribution in [3.8, 4) is 5.75 Å². The number of aromatic nitrogens is 3. The number of carbonyl (C=O) groups excluding carboxylic acids is 1. The van der Waals surface area contributed by atoms with Gasteiger partial charge in [0.15, 0.2) is 0 Å². The highest BCUT2D eigenvalue weighted by Crippen LogP contribution is 2.31. The Balaban J connectivity index is 1.24. The van der Waals surface area contributed by atoms with E-state index < -0.39 is 11.4 Å². The Labute approximate surface area is 217 Å². The fourth-order valence-electron chi connectivity index (χ4n) is 5.87. The summed E-state index contributed by atoms with van der Waals surface area (Å²) in [6.07, 6.45) is 5.95. The van der Waals surface area contributed by atoms with Crippen molar-refractivity contribution in [3.63, 3.8) is 0 Å². The minimum atomic E-state index is -0.593. The molecule has 3 aliphatic rings. The smallest absolute Gasteiger partial charge is 0.333 e. The average molecular weight is 525 g/mol. The second-order valence-corrected chi connectivity index (χ2v) is 11.3. The van der Waals surface area contributed by atoms with Crippen LogP contribution in [-0.4, -0.2) is 44.2 Å². The van der Waals surface area contributed by atoms with Crippen molar-refractivity contribution >= 4 is 28.7 Å². The maximum Gasteiger partial charge on any atom is 0.333 e. The number of halogens is 1. The van der Waals surface area contributed by atoms with Gasteiger partial charge in [-0.3, -0.25) is 18.7 Å². The van der Waals surface area contributed by atoms with Crippen molar-refractivity contribution < 1.29 is 13.9 Å². The lowest BCUT2D eigenvalue weighted by Crippen LogP contribution is -2.46. The number of fused-ring (bicyclic) bond motifs is 2.